The molecular weight excluding hydrogens is 388 g/mol. The quantitative estimate of drug-likeness (QED) is 0.682. The second-order valence-corrected chi connectivity index (χ2v) is 9.47. The van der Waals surface area contributed by atoms with Gasteiger partial charge in [0.1, 0.15) is 23.5 Å². The zero-order chi connectivity index (χ0) is 20.6. The Morgan fingerprint density at radius 1 is 1.27 bits per heavy atom. The number of carbonyl (C=O) groups is 2. The minimum absolute atomic E-state index is 0.0225. The smallest absolute Gasteiger partial charge is 0.299 e. The van der Waals surface area contributed by atoms with Crippen molar-refractivity contribution < 1.29 is 28.5 Å². The van der Waals surface area contributed by atoms with E-state index in [4.69, 9.17) is 18.9 Å². The lowest BCUT2D eigenvalue weighted by molar-refractivity contribution is -0.256. The van der Waals surface area contributed by atoms with Gasteiger partial charge in [-0.15, -0.1) is 0 Å². The van der Waals surface area contributed by atoms with Crippen molar-refractivity contribution in [2.75, 3.05) is 25.6 Å². The third kappa shape index (κ3) is 1.56. The number of para-hydroxylation sites is 1. The van der Waals surface area contributed by atoms with E-state index < -0.39 is 17.4 Å². The molecular formula is C22H24N2O6. The molecule has 1 aromatic carbocycles. The summed E-state index contributed by atoms with van der Waals surface area (Å²) in [5, 5.41) is 0. The molecule has 1 saturated carbocycles. The lowest BCUT2D eigenvalue weighted by atomic mass is 9.54. The number of anilines is 1. The van der Waals surface area contributed by atoms with Gasteiger partial charge in [0.2, 0.25) is 0 Å². The highest BCUT2D eigenvalue weighted by Crippen LogP contribution is 2.70. The summed E-state index contributed by atoms with van der Waals surface area (Å²) in [5.74, 6) is 0.196. The predicted octanol–water partition coefficient (Wildman–Crippen LogP) is 1.02. The Morgan fingerprint density at radius 2 is 2.10 bits per heavy atom. The Hall–Kier alpha value is -2.00. The molecule has 5 aliphatic heterocycles. The summed E-state index contributed by atoms with van der Waals surface area (Å²) in [6.07, 6.45) is -0.504. The van der Waals surface area contributed by atoms with E-state index in [1.54, 1.807) is 4.90 Å². The van der Waals surface area contributed by atoms with Gasteiger partial charge in [-0.25, -0.2) is 0 Å². The van der Waals surface area contributed by atoms with E-state index in [9.17, 15) is 9.59 Å². The van der Waals surface area contributed by atoms with Crippen LogP contribution in [-0.2, 0) is 29.2 Å². The topological polar surface area (TPSA) is 77.5 Å². The largest absolute Gasteiger partial charge is 0.453 e. The Kier molecular flexibility index (Phi) is 3.09. The number of nitrogens with zero attached hydrogens (tertiary/aromatic N) is 2. The van der Waals surface area contributed by atoms with E-state index in [1.165, 1.54) is 7.11 Å². The molecule has 6 aliphatic rings. The van der Waals surface area contributed by atoms with Gasteiger partial charge >= 0.3 is 0 Å². The van der Waals surface area contributed by atoms with Gasteiger partial charge in [-0.2, -0.15) is 0 Å². The lowest BCUT2D eigenvalue weighted by Crippen LogP contribution is -2.78. The molecule has 1 aromatic rings. The van der Waals surface area contributed by atoms with Gasteiger partial charge in [0.05, 0.1) is 17.7 Å². The fourth-order valence-corrected chi connectivity index (χ4v) is 7.32. The number of carbonyl (C=O) groups excluding carboxylic acids is 2. The Balaban J connectivity index is 1.60. The van der Waals surface area contributed by atoms with Crippen LogP contribution in [0.3, 0.4) is 0 Å². The normalized spacial score (nSPS) is 47.8. The van der Waals surface area contributed by atoms with Crippen molar-refractivity contribution in [3.63, 3.8) is 0 Å². The summed E-state index contributed by atoms with van der Waals surface area (Å²) < 4.78 is 24.6. The summed E-state index contributed by atoms with van der Waals surface area (Å²) in [5.41, 5.74) is -0.702. The fourth-order valence-electron chi connectivity index (χ4n) is 7.32. The molecule has 0 aromatic heterocycles. The number of benzene rings is 1. The van der Waals surface area contributed by atoms with Crippen LogP contribution in [0.4, 0.5) is 5.69 Å². The fraction of sp³-hybridized carbons (Fsp3) is 0.636. The van der Waals surface area contributed by atoms with Crippen LogP contribution in [0.25, 0.3) is 0 Å². The zero-order valence-electron chi connectivity index (χ0n) is 17.2. The minimum Gasteiger partial charge on any atom is -0.453 e. The number of amides is 1. The second kappa shape index (κ2) is 5.24. The molecule has 7 rings (SSSR count). The Bertz CT molecular complexity index is 1010. The number of hydrogen-bond acceptors (Lipinski definition) is 7. The van der Waals surface area contributed by atoms with Gasteiger partial charge in [0.25, 0.3) is 12.2 Å². The Labute approximate surface area is 174 Å². The number of hydrogen-bond donors (Lipinski definition) is 0. The first-order chi connectivity index (χ1) is 14.5. The molecule has 5 heterocycles. The molecule has 1 amide bonds. The van der Waals surface area contributed by atoms with Gasteiger partial charge in [0.15, 0.2) is 11.5 Å². The molecule has 0 unspecified atom stereocenters. The first-order valence-electron chi connectivity index (χ1n) is 10.7. The van der Waals surface area contributed by atoms with E-state index in [-0.39, 0.29) is 42.0 Å². The first-order valence-corrected chi connectivity index (χ1v) is 10.7. The van der Waals surface area contributed by atoms with Crippen LogP contribution in [0, 0.1) is 11.8 Å². The molecule has 1 aliphatic carbocycles. The summed E-state index contributed by atoms with van der Waals surface area (Å²) in [7, 11) is 3.49. The molecule has 4 fully saturated rings. The molecule has 8 heteroatoms. The monoisotopic (exact) mass is 412 g/mol. The summed E-state index contributed by atoms with van der Waals surface area (Å²) >= 11 is 0. The number of Topliss-reactive ketones (excluding diaryl/α,β-unsaturated/α-hetero) is 1. The third-order valence-electron chi connectivity index (χ3n) is 8.44. The van der Waals surface area contributed by atoms with Crippen molar-refractivity contribution in [2.24, 2.45) is 11.8 Å². The van der Waals surface area contributed by atoms with Crippen LogP contribution in [0.1, 0.15) is 25.3 Å². The number of ketones is 1. The van der Waals surface area contributed by atoms with Crippen LogP contribution < -0.4 is 9.64 Å². The van der Waals surface area contributed by atoms with Crippen molar-refractivity contribution in [2.45, 2.75) is 55.6 Å². The van der Waals surface area contributed by atoms with Crippen molar-refractivity contribution >= 4 is 17.4 Å². The average molecular weight is 412 g/mol. The number of fused-ring (bicyclic) bond motifs is 1. The van der Waals surface area contributed by atoms with Crippen LogP contribution in [0.2, 0.25) is 0 Å². The third-order valence-corrected chi connectivity index (χ3v) is 8.44. The Morgan fingerprint density at radius 3 is 2.90 bits per heavy atom. The van der Waals surface area contributed by atoms with E-state index in [0.29, 0.717) is 24.4 Å². The van der Waals surface area contributed by atoms with Crippen molar-refractivity contribution in [1.82, 2.24) is 4.90 Å². The van der Waals surface area contributed by atoms with Crippen LogP contribution in [0.15, 0.2) is 18.2 Å². The van der Waals surface area contributed by atoms with Gasteiger partial charge in [-0.1, -0.05) is 12.1 Å². The first kappa shape index (κ1) is 17.7. The number of ether oxygens (including phenoxy) is 4. The summed E-state index contributed by atoms with van der Waals surface area (Å²) in [4.78, 5) is 31.9. The SMILES string of the molecule is CO[C@H]1Oc2cccc3c2N(C1=O)[C@@]12O[C@H]4C[C@H]5[C@@H](C(=O)[C@]31CCN4C)[C@@H](C)O[C@H]52. The second-order valence-electron chi connectivity index (χ2n) is 9.47. The zero-order valence-corrected chi connectivity index (χ0v) is 17.2. The highest BCUT2D eigenvalue weighted by atomic mass is 16.7. The predicted molar refractivity (Wildman–Crippen MR) is 103 cm³/mol. The van der Waals surface area contributed by atoms with E-state index in [2.05, 4.69) is 4.90 Å². The highest BCUT2D eigenvalue weighted by molar-refractivity contribution is 6.10. The average Bonchev–Trinajstić information content (AvgIpc) is 3.14. The van der Waals surface area contributed by atoms with Crippen LogP contribution in [0.5, 0.6) is 5.75 Å². The van der Waals surface area contributed by atoms with Gasteiger partial charge < -0.3 is 18.9 Å². The maximum atomic E-state index is 14.3. The van der Waals surface area contributed by atoms with Gasteiger partial charge in [0, 0.05) is 19.6 Å². The van der Waals surface area contributed by atoms with Gasteiger partial charge in [-0.05, 0) is 38.4 Å². The van der Waals surface area contributed by atoms with Gasteiger partial charge in [-0.3, -0.25) is 19.4 Å². The molecule has 0 N–H and O–H groups in total. The molecule has 0 radical (unpaired) electrons. The summed E-state index contributed by atoms with van der Waals surface area (Å²) in [6.45, 7) is 2.69. The van der Waals surface area contributed by atoms with Crippen LogP contribution in [-0.4, -0.2) is 67.7 Å². The molecule has 5 bridgehead atoms. The van der Waals surface area contributed by atoms with Crippen LogP contribution >= 0.6 is 0 Å². The number of rotatable bonds is 1. The molecule has 8 nitrogen and oxygen atoms in total. The maximum absolute atomic E-state index is 14.3. The van der Waals surface area contributed by atoms with Crippen molar-refractivity contribution in [3.05, 3.63) is 23.8 Å². The summed E-state index contributed by atoms with van der Waals surface area (Å²) in [6, 6.07) is 5.68. The van der Waals surface area contributed by atoms with E-state index >= 15 is 0 Å². The lowest BCUT2D eigenvalue weighted by Gasteiger charge is -2.58. The maximum Gasteiger partial charge on any atom is 0.299 e. The minimum atomic E-state index is -1.21. The van der Waals surface area contributed by atoms with E-state index in [1.807, 2.05) is 32.2 Å². The van der Waals surface area contributed by atoms with Crippen molar-refractivity contribution in [1.29, 1.82) is 0 Å². The molecule has 30 heavy (non-hydrogen) atoms. The van der Waals surface area contributed by atoms with Crippen molar-refractivity contribution in [3.8, 4) is 5.75 Å². The number of methoxy groups -OCH3 is 1. The molecule has 158 valence electrons. The standard InChI is InChI=1S/C22H24N2O6/c1-10-15-11-9-14-23(2)8-7-21(17(15)25)12-5-4-6-13-16(12)24(19(26)20(27-3)29-13)22(21,30-14)18(11)28-10/h4-6,10-11,14-15,18,20H,7-9H2,1-3H3/t10-,11+,14+,15+,18-,20+,21+,22+/m1/s1. The molecule has 3 saturated heterocycles. The highest BCUT2D eigenvalue weighted by Gasteiger charge is 2.83. The molecule has 1 spiro atoms. The molecule has 8 atom stereocenters. The van der Waals surface area contributed by atoms with E-state index in [0.717, 1.165) is 12.0 Å².